The van der Waals surface area contributed by atoms with Crippen molar-refractivity contribution in [1.29, 1.82) is 0 Å². The van der Waals surface area contributed by atoms with Crippen LogP contribution in [-0.2, 0) is 4.74 Å². The molecule has 6 nitrogen and oxygen atoms in total. The molecule has 1 aliphatic rings. The fourth-order valence-corrected chi connectivity index (χ4v) is 4.29. The maximum Gasteiger partial charge on any atom is 0.410 e. The van der Waals surface area contributed by atoms with E-state index in [-0.39, 0.29) is 18.1 Å². The average molecular weight is 467 g/mol. The van der Waals surface area contributed by atoms with Crippen molar-refractivity contribution >= 4 is 23.6 Å². The van der Waals surface area contributed by atoms with Crippen LogP contribution in [0.15, 0.2) is 18.2 Å². The van der Waals surface area contributed by atoms with E-state index in [1.165, 1.54) is 4.90 Å². The van der Waals surface area contributed by atoms with Crippen molar-refractivity contribution in [2.24, 2.45) is 5.92 Å². The third kappa shape index (κ3) is 8.53. The molecule has 180 valence electrons. The first kappa shape index (κ1) is 26.3. The van der Waals surface area contributed by atoms with Crippen molar-refractivity contribution in [3.05, 3.63) is 28.8 Å². The van der Waals surface area contributed by atoms with Crippen LogP contribution in [0.4, 0.5) is 4.79 Å². The Morgan fingerprint density at radius 2 is 1.81 bits per heavy atom. The van der Waals surface area contributed by atoms with Gasteiger partial charge >= 0.3 is 6.09 Å². The highest BCUT2D eigenvalue weighted by molar-refractivity contribution is 6.34. The third-order valence-electron chi connectivity index (χ3n) is 5.56. The number of hydrogen-bond acceptors (Lipinski definition) is 4. The fraction of sp³-hybridized carbons (Fsp3) is 0.680. The van der Waals surface area contributed by atoms with Crippen LogP contribution in [0.25, 0.3) is 0 Å². The Morgan fingerprint density at radius 1 is 1.16 bits per heavy atom. The number of amides is 2. The van der Waals surface area contributed by atoms with E-state index in [2.05, 4.69) is 6.92 Å². The molecule has 0 aromatic heterocycles. The first-order chi connectivity index (χ1) is 15.0. The lowest BCUT2D eigenvalue weighted by Gasteiger charge is -2.27. The standard InChI is InChI=1S/C25H39ClN2O4/c1-18(31-20-12-13-21(22(26)17-20)23(29)27(5)6)16-19-10-7-8-14-28(15-9-11-19)24(30)32-25(2,3)4/h12-13,17-19H,7-11,14-16H2,1-6H3/t18?,19-/m0/s1. The molecule has 2 amide bonds. The van der Waals surface area contributed by atoms with Crippen LogP contribution in [0.3, 0.4) is 0 Å². The van der Waals surface area contributed by atoms with Gasteiger partial charge in [0.05, 0.1) is 16.7 Å². The zero-order valence-corrected chi connectivity index (χ0v) is 21.2. The summed E-state index contributed by atoms with van der Waals surface area (Å²) in [5, 5.41) is 0.401. The van der Waals surface area contributed by atoms with Gasteiger partial charge in [-0.15, -0.1) is 0 Å². The van der Waals surface area contributed by atoms with Crippen LogP contribution >= 0.6 is 11.6 Å². The van der Waals surface area contributed by atoms with Crippen molar-refractivity contribution in [3.63, 3.8) is 0 Å². The quantitative estimate of drug-likeness (QED) is 0.532. The molecule has 2 atom stereocenters. The number of halogens is 1. The Balaban J connectivity index is 1.88. The predicted molar refractivity (Wildman–Crippen MR) is 129 cm³/mol. The smallest absolute Gasteiger partial charge is 0.410 e. The number of rotatable bonds is 5. The van der Waals surface area contributed by atoms with Gasteiger partial charge in [-0.2, -0.15) is 0 Å². The van der Waals surface area contributed by atoms with Gasteiger partial charge in [0, 0.05) is 27.2 Å². The summed E-state index contributed by atoms with van der Waals surface area (Å²) in [7, 11) is 3.41. The molecule has 1 aromatic rings. The van der Waals surface area contributed by atoms with Crippen LogP contribution in [-0.4, -0.2) is 60.7 Å². The summed E-state index contributed by atoms with van der Waals surface area (Å²) in [5.74, 6) is 1.10. The lowest BCUT2D eigenvalue weighted by atomic mass is 9.92. The van der Waals surface area contributed by atoms with Gasteiger partial charge in [0.25, 0.3) is 5.91 Å². The maximum atomic E-state index is 12.4. The second kappa shape index (κ2) is 11.8. The Bertz CT molecular complexity index is 776. The van der Waals surface area contributed by atoms with Crippen LogP contribution in [0.2, 0.25) is 5.02 Å². The SMILES string of the molecule is CC(C[C@H]1CCCCN(C(=O)OC(C)(C)C)CCC1)Oc1ccc(C(=O)N(C)C)c(Cl)c1. The lowest BCUT2D eigenvalue weighted by Crippen LogP contribution is -2.37. The van der Waals surface area contributed by atoms with Crippen molar-refractivity contribution in [3.8, 4) is 5.75 Å². The lowest BCUT2D eigenvalue weighted by molar-refractivity contribution is 0.0245. The van der Waals surface area contributed by atoms with Crippen LogP contribution in [0, 0.1) is 5.92 Å². The molecule has 1 aromatic carbocycles. The Kier molecular flexibility index (Phi) is 9.68. The van der Waals surface area contributed by atoms with Crippen molar-refractivity contribution in [2.45, 2.75) is 77.9 Å². The minimum atomic E-state index is -0.467. The first-order valence-corrected chi connectivity index (χ1v) is 12.0. The van der Waals surface area contributed by atoms with Gasteiger partial charge in [-0.05, 0) is 77.5 Å². The van der Waals surface area contributed by atoms with Gasteiger partial charge in [0.2, 0.25) is 0 Å². The molecule has 32 heavy (non-hydrogen) atoms. The molecule has 1 heterocycles. The first-order valence-electron chi connectivity index (χ1n) is 11.6. The van der Waals surface area contributed by atoms with E-state index < -0.39 is 5.60 Å². The second-order valence-electron chi connectivity index (χ2n) is 9.98. The van der Waals surface area contributed by atoms with Crippen molar-refractivity contribution in [2.75, 3.05) is 27.2 Å². The molecule has 0 saturated carbocycles. The molecule has 1 fully saturated rings. The van der Waals surface area contributed by atoms with E-state index in [4.69, 9.17) is 21.1 Å². The predicted octanol–water partition coefficient (Wildman–Crippen LogP) is 6.02. The summed E-state index contributed by atoms with van der Waals surface area (Å²) < 4.78 is 11.7. The number of carbonyl (C=O) groups is 2. The monoisotopic (exact) mass is 466 g/mol. The van der Waals surface area contributed by atoms with Gasteiger partial charge in [0.1, 0.15) is 11.4 Å². The number of ether oxygens (including phenoxy) is 2. The van der Waals surface area contributed by atoms with Crippen LogP contribution in [0.1, 0.15) is 76.6 Å². The molecule has 0 N–H and O–H groups in total. The third-order valence-corrected chi connectivity index (χ3v) is 5.87. The number of nitrogens with zero attached hydrogens (tertiary/aromatic N) is 2. The van der Waals surface area contributed by atoms with E-state index >= 15 is 0 Å². The summed E-state index contributed by atoms with van der Waals surface area (Å²) in [5.41, 5.74) is 0.00792. The summed E-state index contributed by atoms with van der Waals surface area (Å²) in [6.07, 6.45) is 6.00. The van der Waals surface area contributed by atoms with Crippen molar-refractivity contribution < 1.29 is 19.1 Å². The number of benzene rings is 1. The minimum absolute atomic E-state index is 0.0363. The van der Waals surface area contributed by atoms with Gasteiger partial charge in [0.15, 0.2) is 0 Å². The van der Waals surface area contributed by atoms with E-state index in [0.29, 0.717) is 22.3 Å². The summed E-state index contributed by atoms with van der Waals surface area (Å²) >= 11 is 6.31. The summed E-state index contributed by atoms with van der Waals surface area (Å²) in [4.78, 5) is 27.9. The molecule has 0 spiro atoms. The largest absolute Gasteiger partial charge is 0.491 e. The molecule has 1 unspecified atom stereocenters. The summed E-state index contributed by atoms with van der Waals surface area (Å²) in [6, 6.07) is 5.25. The number of hydrogen-bond donors (Lipinski definition) is 0. The van der Waals surface area contributed by atoms with Crippen LogP contribution in [0.5, 0.6) is 5.75 Å². The highest BCUT2D eigenvalue weighted by atomic mass is 35.5. The van der Waals surface area contributed by atoms with E-state index in [1.54, 1.807) is 32.3 Å². The molecule has 2 rings (SSSR count). The molecular weight excluding hydrogens is 428 g/mol. The molecule has 0 bridgehead atoms. The number of carbonyl (C=O) groups excluding carboxylic acids is 2. The topological polar surface area (TPSA) is 59.1 Å². The highest BCUT2D eigenvalue weighted by Crippen LogP contribution is 2.28. The van der Waals surface area contributed by atoms with E-state index in [9.17, 15) is 9.59 Å². The zero-order chi connectivity index (χ0) is 23.9. The summed E-state index contributed by atoms with van der Waals surface area (Å²) in [6.45, 7) is 9.27. The zero-order valence-electron chi connectivity index (χ0n) is 20.4. The normalized spacial score (nSPS) is 18.7. The highest BCUT2D eigenvalue weighted by Gasteiger charge is 2.24. The minimum Gasteiger partial charge on any atom is -0.491 e. The second-order valence-corrected chi connectivity index (χ2v) is 10.4. The van der Waals surface area contributed by atoms with E-state index in [1.807, 2.05) is 25.7 Å². The van der Waals surface area contributed by atoms with Gasteiger partial charge < -0.3 is 19.3 Å². The Hall–Kier alpha value is -1.95. The Labute approximate surface area is 198 Å². The molecule has 1 aliphatic heterocycles. The molecule has 0 radical (unpaired) electrons. The molecular formula is C25H39ClN2O4. The van der Waals surface area contributed by atoms with Gasteiger partial charge in [-0.1, -0.05) is 24.4 Å². The van der Waals surface area contributed by atoms with Gasteiger partial charge in [-0.3, -0.25) is 4.79 Å². The maximum absolute atomic E-state index is 12.4. The fourth-order valence-electron chi connectivity index (χ4n) is 4.04. The molecule has 1 saturated heterocycles. The van der Waals surface area contributed by atoms with Crippen molar-refractivity contribution in [1.82, 2.24) is 9.80 Å². The molecule has 7 heteroatoms. The van der Waals surface area contributed by atoms with Crippen LogP contribution < -0.4 is 4.74 Å². The molecule has 0 aliphatic carbocycles. The average Bonchev–Trinajstić information content (AvgIpc) is 2.78. The Morgan fingerprint density at radius 3 is 2.44 bits per heavy atom. The van der Waals surface area contributed by atoms with Gasteiger partial charge in [-0.25, -0.2) is 4.79 Å². The van der Waals surface area contributed by atoms with E-state index in [0.717, 1.165) is 51.6 Å².